The molecule has 2 heterocycles. The van der Waals surface area contributed by atoms with Crippen molar-refractivity contribution >= 4 is 28.5 Å². The van der Waals surface area contributed by atoms with Crippen LogP contribution in [0.2, 0.25) is 5.02 Å². The number of hydrogen-bond acceptors (Lipinski definition) is 9. The van der Waals surface area contributed by atoms with Crippen molar-refractivity contribution in [2.45, 2.75) is 82.1 Å². The van der Waals surface area contributed by atoms with Crippen molar-refractivity contribution in [3.63, 3.8) is 0 Å². The molecule has 0 amide bonds. The van der Waals surface area contributed by atoms with E-state index in [1.165, 1.54) is 0 Å². The number of pyridine rings is 1. The topological polar surface area (TPSA) is 131 Å². The minimum absolute atomic E-state index is 0.0385. The molecule has 3 aromatic carbocycles. The highest BCUT2D eigenvalue weighted by molar-refractivity contribution is 6.36. The Labute approximate surface area is 326 Å². The minimum atomic E-state index is -0.645. The van der Waals surface area contributed by atoms with Gasteiger partial charge in [-0.2, -0.15) is 5.10 Å². The molecule has 4 aliphatic carbocycles. The van der Waals surface area contributed by atoms with Crippen LogP contribution in [0.3, 0.4) is 0 Å². The maximum Gasteiger partial charge on any atom is 0.309 e. The highest BCUT2D eigenvalue weighted by Crippen LogP contribution is 2.55. The third kappa shape index (κ3) is 6.60. The normalized spacial score (nSPS) is 23.2. The summed E-state index contributed by atoms with van der Waals surface area (Å²) < 4.78 is 19.6. The summed E-state index contributed by atoms with van der Waals surface area (Å²) in [4.78, 5) is 19.3. The van der Waals surface area contributed by atoms with E-state index in [4.69, 9.17) is 35.9 Å². The van der Waals surface area contributed by atoms with Crippen molar-refractivity contribution in [1.82, 2.24) is 25.0 Å². The molecule has 2 aromatic heterocycles. The molecule has 9 rings (SSSR count). The molecule has 0 radical (unpaired) electrons. The Bertz CT molecular complexity index is 2200. The van der Waals surface area contributed by atoms with Crippen LogP contribution in [0.15, 0.2) is 66.9 Å². The number of aliphatic hydroxyl groups excluding tert-OH is 1. The first kappa shape index (κ1) is 37.3. The van der Waals surface area contributed by atoms with E-state index in [2.05, 4.69) is 23.3 Å². The van der Waals surface area contributed by atoms with Gasteiger partial charge >= 0.3 is 5.97 Å². The SMILES string of the molecule is COc1cc(-n2ncc3c(-c4cccc(-c5ccc(CNC6CC(O)C6)c(OC)n5)c4Cl)cccc32)cc(OC)c1CN(C)C12CCC(C(=O)O)(CC1)CC2. The highest BCUT2D eigenvalue weighted by Gasteiger charge is 2.54. The van der Waals surface area contributed by atoms with E-state index >= 15 is 0 Å². The molecule has 0 spiro atoms. The van der Waals surface area contributed by atoms with Crippen LogP contribution in [0.25, 0.3) is 39.0 Å². The second-order valence-corrected chi connectivity index (χ2v) is 15.9. The fourth-order valence-corrected chi connectivity index (χ4v) is 9.41. The van der Waals surface area contributed by atoms with Crippen molar-refractivity contribution in [3.05, 3.63) is 83.0 Å². The molecule has 0 atom stereocenters. The fraction of sp³-hybridized carbons (Fsp3) is 0.419. The number of aliphatic hydroxyl groups is 1. The summed E-state index contributed by atoms with van der Waals surface area (Å²) in [5, 5.41) is 29.4. The minimum Gasteiger partial charge on any atom is -0.496 e. The first-order valence-electron chi connectivity index (χ1n) is 19.0. The molecule has 2 bridgehead atoms. The molecule has 5 aromatic rings. The van der Waals surface area contributed by atoms with E-state index in [1.807, 2.05) is 65.5 Å². The summed E-state index contributed by atoms with van der Waals surface area (Å²) in [6, 6.07) is 20.3. The lowest BCUT2D eigenvalue weighted by atomic mass is 9.57. The maximum absolute atomic E-state index is 12.1. The lowest BCUT2D eigenvalue weighted by molar-refractivity contribution is -0.160. The second kappa shape index (κ2) is 14.8. The van der Waals surface area contributed by atoms with Crippen LogP contribution in [-0.2, 0) is 17.9 Å². The summed E-state index contributed by atoms with van der Waals surface area (Å²) in [5.41, 5.74) is 6.28. The Morgan fingerprint density at radius 1 is 0.927 bits per heavy atom. The zero-order valence-electron chi connectivity index (χ0n) is 31.8. The Kier molecular flexibility index (Phi) is 10.00. The van der Waals surface area contributed by atoms with E-state index in [0.29, 0.717) is 66.5 Å². The predicted octanol–water partition coefficient (Wildman–Crippen LogP) is 7.66. The summed E-state index contributed by atoms with van der Waals surface area (Å²) in [5.74, 6) is 1.29. The van der Waals surface area contributed by atoms with Crippen molar-refractivity contribution in [1.29, 1.82) is 0 Å². The lowest BCUT2D eigenvalue weighted by Crippen LogP contribution is -2.56. The van der Waals surface area contributed by atoms with Gasteiger partial charge in [0.15, 0.2) is 0 Å². The molecule has 0 aliphatic heterocycles. The number of ether oxygens (including phenoxy) is 3. The van der Waals surface area contributed by atoms with Crippen LogP contribution in [0.5, 0.6) is 17.4 Å². The van der Waals surface area contributed by atoms with Gasteiger partial charge in [-0.25, -0.2) is 9.67 Å². The van der Waals surface area contributed by atoms with Crippen LogP contribution in [0, 0.1) is 5.41 Å². The van der Waals surface area contributed by atoms with Crippen LogP contribution >= 0.6 is 11.6 Å². The molecule has 288 valence electrons. The maximum atomic E-state index is 12.1. The number of fused-ring (bicyclic) bond motifs is 4. The summed E-state index contributed by atoms with van der Waals surface area (Å²) >= 11 is 7.21. The zero-order chi connectivity index (χ0) is 38.5. The average Bonchev–Trinajstić information content (AvgIpc) is 3.64. The number of nitrogens with one attached hydrogen (secondary N) is 1. The number of aromatic nitrogens is 3. The number of hydrogen-bond donors (Lipinski definition) is 3. The largest absolute Gasteiger partial charge is 0.496 e. The molecule has 11 nitrogen and oxygen atoms in total. The molecule has 3 N–H and O–H groups in total. The Balaban J connectivity index is 1.08. The summed E-state index contributed by atoms with van der Waals surface area (Å²) in [7, 11) is 7.11. The number of benzene rings is 3. The van der Waals surface area contributed by atoms with Gasteiger partial charge in [0.2, 0.25) is 5.88 Å². The van der Waals surface area contributed by atoms with Crippen LogP contribution in [0.1, 0.15) is 62.5 Å². The summed E-state index contributed by atoms with van der Waals surface area (Å²) in [6.45, 7) is 1.21. The molecule has 55 heavy (non-hydrogen) atoms. The van der Waals surface area contributed by atoms with Crippen LogP contribution in [0.4, 0.5) is 0 Å². The number of rotatable bonds is 13. The third-order valence-corrected chi connectivity index (χ3v) is 13.1. The Morgan fingerprint density at radius 2 is 1.58 bits per heavy atom. The molecule has 12 heteroatoms. The van der Waals surface area contributed by atoms with E-state index in [9.17, 15) is 15.0 Å². The van der Waals surface area contributed by atoms with Gasteiger partial charge in [-0.15, -0.1) is 0 Å². The molecule has 0 unspecified atom stereocenters. The Morgan fingerprint density at radius 3 is 2.22 bits per heavy atom. The standard InChI is InChI=1S/C43H48ClN5O6/c1-48(43-16-13-42(14-17-43,15-18-43)41(51)52)25-34-37(53-2)21-28(22-38(34)54-3)49-36-10-6-7-30(33(36)24-46-49)31-8-5-9-32(39(31)44)35-12-11-26(40(47-35)55-4)23-45-27-19-29(50)20-27/h5-12,21-22,24,27,29,45,50H,13-20,23,25H2,1-4H3,(H,51,52). The summed E-state index contributed by atoms with van der Waals surface area (Å²) in [6.07, 6.45) is 7.92. The van der Waals surface area contributed by atoms with E-state index < -0.39 is 11.4 Å². The van der Waals surface area contributed by atoms with Gasteiger partial charge in [-0.3, -0.25) is 9.69 Å². The predicted molar refractivity (Wildman–Crippen MR) is 212 cm³/mol. The first-order chi connectivity index (χ1) is 26.6. The molecular formula is C43H48ClN5O6. The van der Waals surface area contributed by atoms with Gasteiger partial charge < -0.3 is 29.7 Å². The van der Waals surface area contributed by atoms with Crippen molar-refractivity contribution < 1.29 is 29.2 Å². The third-order valence-electron chi connectivity index (χ3n) is 12.7. The van der Waals surface area contributed by atoms with Gasteiger partial charge in [0.05, 0.1) is 66.5 Å². The number of carbonyl (C=O) groups is 1. The average molecular weight is 766 g/mol. The number of aliphatic carboxylic acids is 1. The van der Waals surface area contributed by atoms with Gasteiger partial charge in [0, 0.05) is 58.9 Å². The van der Waals surface area contributed by atoms with E-state index in [1.54, 1.807) is 21.3 Å². The number of halogens is 1. The number of carboxylic acid groups (broad SMARTS) is 1. The molecule has 4 fully saturated rings. The number of nitrogens with zero attached hydrogens (tertiary/aromatic N) is 4. The molecule has 4 saturated carbocycles. The van der Waals surface area contributed by atoms with E-state index in [0.717, 1.165) is 76.5 Å². The van der Waals surface area contributed by atoms with Crippen molar-refractivity contribution in [2.75, 3.05) is 28.4 Å². The fourth-order valence-electron chi connectivity index (χ4n) is 9.08. The van der Waals surface area contributed by atoms with Gasteiger partial charge in [-0.1, -0.05) is 48.0 Å². The smallest absolute Gasteiger partial charge is 0.309 e. The Hall–Kier alpha value is -4.68. The van der Waals surface area contributed by atoms with Gasteiger partial charge in [0.25, 0.3) is 0 Å². The van der Waals surface area contributed by atoms with Gasteiger partial charge in [0.1, 0.15) is 11.5 Å². The lowest BCUT2D eigenvalue weighted by Gasteiger charge is -2.55. The van der Waals surface area contributed by atoms with Crippen molar-refractivity contribution in [3.8, 4) is 45.5 Å². The molecule has 0 saturated heterocycles. The quantitative estimate of drug-likeness (QED) is 0.110. The van der Waals surface area contributed by atoms with Gasteiger partial charge in [-0.05, 0) is 76.1 Å². The molecule has 4 aliphatic rings. The van der Waals surface area contributed by atoms with Crippen molar-refractivity contribution in [2.24, 2.45) is 5.41 Å². The highest BCUT2D eigenvalue weighted by atomic mass is 35.5. The molecular weight excluding hydrogens is 718 g/mol. The second-order valence-electron chi connectivity index (χ2n) is 15.5. The van der Waals surface area contributed by atoms with Crippen LogP contribution in [-0.4, -0.2) is 81.9 Å². The zero-order valence-corrected chi connectivity index (χ0v) is 32.5. The monoisotopic (exact) mass is 765 g/mol. The number of carboxylic acids is 1. The van der Waals surface area contributed by atoms with E-state index in [-0.39, 0.29) is 11.6 Å². The van der Waals surface area contributed by atoms with Crippen LogP contribution < -0.4 is 19.5 Å². The number of methoxy groups -OCH3 is 3. The first-order valence-corrected chi connectivity index (χ1v) is 19.4.